The average Bonchev–Trinajstić information content (AvgIpc) is 2.70. The van der Waals surface area contributed by atoms with Crippen LogP contribution in [0.5, 0.6) is 0 Å². The summed E-state index contributed by atoms with van der Waals surface area (Å²) in [7, 11) is 1.89. The lowest BCUT2D eigenvalue weighted by atomic mass is 10.3. The van der Waals surface area contributed by atoms with Gasteiger partial charge in [0.05, 0.1) is 10.5 Å². The fourth-order valence-electron chi connectivity index (χ4n) is 1.44. The molecule has 0 bridgehead atoms. The molecule has 8 heteroatoms. The number of nitrogen functional groups attached to an aromatic ring is 1. The predicted molar refractivity (Wildman–Crippen MR) is 67.2 cm³/mol. The smallest absolute Gasteiger partial charge is 0.221 e. The number of hydrogen-bond acceptors (Lipinski definition) is 6. The van der Waals surface area contributed by atoms with Crippen LogP contribution in [0.1, 0.15) is 18.8 Å². The second-order valence-electron chi connectivity index (χ2n) is 3.59. The fourth-order valence-corrected chi connectivity index (χ4v) is 1.74. The van der Waals surface area contributed by atoms with Gasteiger partial charge in [0.25, 0.3) is 0 Å². The molecule has 1 atom stereocenters. The topological polar surface area (TPSA) is 94.5 Å². The first-order valence-corrected chi connectivity index (χ1v) is 5.75. The van der Waals surface area contributed by atoms with Gasteiger partial charge in [-0.1, -0.05) is 0 Å². The molecule has 2 heterocycles. The molecule has 0 spiro atoms. The Kier molecular flexibility index (Phi) is 3.23. The molecule has 0 saturated heterocycles. The van der Waals surface area contributed by atoms with E-state index in [9.17, 15) is 0 Å². The van der Waals surface area contributed by atoms with Crippen LogP contribution >= 0.6 is 15.9 Å². The van der Waals surface area contributed by atoms with E-state index >= 15 is 0 Å². The highest BCUT2D eigenvalue weighted by atomic mass is 79.9. The first-order chi connectivity index (χ1) is 8.08. The maximum Gasteiger partial charge on any atom is 0.221 e. The van der Waals surface area contributed by atoms with Crippen molar-refractivity contribution < 1.29 is 0 Å². The van der Waals surface area contributed by atoms with Gasteiger partial charge in [0.15, 0.2) is 5.82 Å². The van der Waals surface area contributed by atoms with Crippen LogP contribution < -0.4 is 11.1 Å². The maximum absolute atomic E-state index is 5.54. The van der Waals surface area contributed by atoms with Gasteiger partial charge in [-0.05, 0) is 22.9 Å². The van der Waals surface area contributed by atoms with Gasteiger partial charge >= 0.3 is 0 Å². The molecule has 0 saturated carbocycles. The Hall–Kier alpha value is -1.70. The van der Waals surface area contributed by atoms with Crippen molar-refractivity contribution in [3.63, 3.8) is 0 Å². The highest BCUT2D eigenvalue weighted by molar-refractivity contribution is 9.10. The summed E-state index contributed by atoms with van der Waals surface area (Å²) in [6.07, 6.45) is 3.25. The number of nitrogens with zero attached hydrogens (tertiary/aromatic N) is 5. The largest absolute Gasteiger partial charge is 0.368 e. The van der Waals surface area contributed by atoms with E-state index in [1.165, 1.54) is 0 Å². The van der Waals surface area contributed by atoms with Crippen molar-refractivity contribution in [2.75, 3.05) is 11.1 Å². The predicted octanol–water partition coefficient (Wildman–Crippen LogP) is 1.12. The van der Waals surface area contributed by atoms with Crippen molar-refractivity contribution in [3.8, 4) is 0 Å². The number of rotatable bonds is 3. The molecule has 0 radical (unpaired) electrons. The highest BCUT2D eigenvalue weighted by Gasteiger charge is 2.13. The Morgan fingerprint density at radius 3 is 2.94 bits per heavy atom. The van der Waals surface area contributed by atoms with Gasteiger partial charge < -0.3 is 15.6 Å². The average molecular weight is 298 g/mol. The zero-order valence-electron chi connectivity index (χ0n) is 9.42. The minimum absolute atomic E-state index is 0.0342. The van der Waals surface area contributed by atoms with Gasteiger partial charge in [0, 0.05) is 13.2 Å². The number of nitrogens with two attached hydrogens (primary N) is 1. The Labute approximate surface area is 107 Å². The molecule has 0 aliphatic rings. The van der Waals surface area contributed by atoms with Crippen LogP contribution in [-0.2, 0) is 7.05 Å². The van der Waals surface area contributed by atoms with Crippen LogP contribution in [0.3, 0.4) is 0 Å². The summed E-state index contributed by atoms with van der Waals surface area (Å²) >= 11 is 3.35. The van der Waals surface area contributed by atoms with Crippen LogP contribution in [0.25, 0.3) is 0 Å². The Morgan fingerprint density at radius 1 is 1.53 bits per heavy atom. The lowest BCUT2D eigenvalue weighted by Gasteiger charge is -2.14. The number of hydrogen-bond donors (Lipinski definition) is 2. The minimum Gasteiger partial charge on any atom is -0.368 e. The van der Waals surface area contributed by atoms with Crippen molar-refractivity contribution in [2.24, 2.45) is 7.05 Å². The highest BCUT2D eigenvalue weighted by Crippen LogP contribution is 2.23. The van der Waals surface area contributed by atoms with E-state index in [1.807, 2.05) is 18.5 Å². The van der Waals surface area contributed by atoms with Crippen LogP contribution in [0.4, 0.5) is 11.8 Å². The normalized spacial score (nSPS) is 12.4. The number of anilines is 2. The second kappa shape index (κ2) is 4.66. The molecule has 90 valence electrons. The van der Waals surface area contributed by atoms with Crippen molar-refractivity contribution in [1.29, 1.82) is 0 Å². The first kappa shape index (κ1) is 11.8. The van der Waals surface area contributed by atoms with Crippen LogP contribution in [0, 0.1) is 0 Å². The van der Waals surface area contributed by atoms with E-state index in [0.717, 1.165) is 10.3 Å². The fraction of sp³-hybridized carbons (Fsp3) is 0.333. The third-order valence-corrected chi connectivity index (χ3v) is 2.83. The molecule has 2 aromatic heterocycles. The van der Waals surface area contributed by atoms with E-state index in [4.69, 9.17) is 5.73 Å². The Bertz CT molecular complexity index is 524. The molecule has 0 fully saturated rings. The van der Waals surface area contributed by atoms with Crippen molar-refractivity contribution in [1.82, 2.24) is 24.7 Å². The molecule has 0 aliphatic heterocycles. The van der Waals surface area contributed by atoms with Gasteiger partial charge in [-0.2, -0.15) is 4.98 Å². The van der Waals surface area contributed by atoms with Gasteiger partial charge in [-0.3, -0.25) is 0 Å². The zero-order valence-corrected chi connectivity index (χ0v) is 11.0. The lowest BCUT2D eigenvalue weighted by molar-refractivity contribution is 0.716. The molecule has 3 N–H and O–H groups in total. The summed E-state index contributed by atoms with van der Waals surface area (Å²) in [6, 6.07) is -0.0342. The molecule has 7 nitrogen and oxygen atoms in total. The number of halogens is 1. The Balaban J connectivity index is 2.21. The molecule has 0 aromatic carbocycles. The van der Waals surface area contributed by atoms with E-state index in [-0.39, 0.29) is 12.0 Å². The van der Waals surface area contributed by atoms with Crippen molar-refractivity contribution in [3.05, 3.63) is 22.8 Å². The maximum atomic E-state index is 5.54. The van der Waals surface area contributed by atoms with E-state index in [1.54, 1.807) is 12.5 Å². The Morgan fingerprint density at radius 2 is 2.29 bits per heavy atom. The molecule has 0 aliphatic carbocycles. The molecule has 1 unspecified atom stereocenters. The number of nitrogens with one attached hydrogen (secondary N) is 1. The summed E-state index contributed by atoms with van der Waals surface area (Å²) in [5.74, 6) is 1.67. The zero-order chi connectivity index (χ0) is 12.4. The third kappa shape index (κ3) is 2.52. The van der Waals surface area contributed by atoms with Gasteiger partial charge in [0.2, 0.25) is 5.95 Å². The summed E-state index contributed by atoms with van der Waals surface area (Å²) < 4.78 is 2.59. The van der Waals surface area contributed by atoms with Crippen molar-refractivity contribution in [2.45, 2.75) is 13.0 Å². The van der Waals surface area contributed by atoms with E-state index < -0.39 is 0 Å². The molecular formula is C9H12BrN7. The molecule has 17 heavy (non-hydrogen) atoms. The standard InChI is InChI=1S/C9H12BrN7/c1-5(8-16-13-4-17(8)2)14-7-6(10)3-12-9(11)15-7/h3-5H,1-2H3,(H3,11,12,14,15). The van der Waals surface area contributed by atoms with Gasteiger partial charge in [0.1, 0.15) is 12.1 Å². The van der Waals surface area contributed by atoms with Crippen molar-refractivity contribution >= 4 is 27.7 Å². The molecule has 2 rings (SSSR count). The van der Waals surface area contributed by atoms with Crippen LogP contribution in [-0.4, -0.2) is 24.7 Å². The quantitative estimate of drug-likeness (QED) is 0.882. The number of aromatic nitrogens is 5. The molecular weight excluding hydrogens is 286 g/mol. The van der Waals surface area contributed by atoms with Crippen LogP contribution in [0.15, 0.2) is 17.0 Å². The van der Waals surface area contributed by atoms with Gasteiger partial charge in [-0.25, -0.2) is 4.98 Å². The molecule has 0 amide bonds. The SMILES string of the molecule is CC(Nc1nc(N)ncc1Br)c1nncn1C. The monoisotopic (exact) mass is 297 g/mol. The minimum atomic E-state index is -0.0342. The van der Waals surface area contributed by atoms with E-state index in [0.29, 0.717) is 5.82 Å². The van der Waals surface area contributed by atoms with E-state index in [2.05, 4.69) is 41.4 Å². The number of aryl methyl sites for hydroxylation is 1. The summed E-state index contributed by atoms with van der Waals surface area (Å²) in [5, 5.41) is 11.0. The third-order valence-electron chi connectivity index (χ3n) is 2.25. The summed E-state index contributed by atoms with van der Waals surface area (Å²) in [4.78, 5) is 7.98. The lowest BCUT2D eigenvalue weighted by Crippen LogP contribution is -2.14. The summed E-state index contributed by atoms with van der Waals surface area (Å²) in [5.41, 5.74) is 5.54. The second-order valence-corrected chi connectivity index (χ2v) is 4.45. The first-order valence-electron chi connectivity index (χ1n) is 4.96. The molecule has 2 aromatic rings. The van der Waals surface area contributed by atoms with Gasteiger partial charge in [-0.15, -0.1) is 10.2 Å². The summed E-state index contributed by atoms with van der Waals surface area (Å²) in [6.45, 7) is 1.97. The van der Waals surface area contributed by atoms with Crippen LogP contribution in [0.2, 0.25) is 0 Å².